The van der Waals surface area contributed by atoms with Gasteiger partial charge in [-0.3, -0.25) is 9.40 Å². The summed E-state index contributed by atoms with van der Waals surface area (Å²) in [6, 6.07) is 6.19. The molecule has 0 aliphatic heterocycles. The third-order valence-electron chi connectivity index (χ3n) is 6.06. The van der Waals surface area contributed by atoms with Crippen LogP contribution in [0, 0.1) is 54.3 Å². The maximum Gasteiger partial charge on any atom is 0.262 e. The number of aryl methyl sites for hydroxylation is 1. The molecule has 0 spiro atoms. The van der Waals surface area contributed by atoms with Gasteiger partial charge in [-0.15, -0.1) is 0 Å². The van der Waals surface area contributed by atoms with Crippen molar-refractivity contribution in [3.8, 4) is 0 Å². The van der Waals surface area contributed by atoms with E-state index in [1.807, 2.05) is 41.5 Å². The van der Waals surface area contributed by atoms with E-state index < -0.39 is 10.0 Å². The van der Waals surface area contributed by atoms with Crippen LogP contribution in [0.4, 0.5) is 10.1 Å². The van der Waals surface area contributed by atoms with E-state index in [0.29, 0.717) is 28.5 Å². The Morgan fingerprint density at radius 3 is 1.90 bits per heavy atom. The van der Waals surface area contributed by atoms with Crippen molar-refractivity contribution < 1.29 is 12.8 Å². The van der Waals surface area contributed by atoms with Crippen LogP contribution in [0.5, 0.6) is 0 Å². The fourth-order valence-corrected chi connectivity index (χ4v) is 5.59. The molecule has 0 radical (unpaired) electrons. The molecule has 0 saturated carbocycles. The number of rotatable bonds is 5. The summed E-state index contributed by atoms with van der Waals surface area (Å²) in [6.07, 6.45) is 0. The maximum atomic E-state index is 13.4. The third kappa shape index (κ3) is 3.86. The Morgan fingerprint density at radius 1 is 0.867 bits per heavy atom. The molecule has 2 aromatic carbocycles. The molecule has 3 aromatic rings. The Labute approximate surface area is 178 Å². The van der Waals surface area contributed by atoms with Crippen molar-refractivity contribution in [3.63, 3.8) is 0 Å². The quantitative estimate of drug-likeness (QED) is 0.619. The molecule has 0 aliphatic carbocycles. The molecule has 0 atom stereocenters. The van der Waals surface area contributed by atoms with Gasteiger partial charge in [0, 0.05) is 0 Å². The standard InChI is InChI=1S/C23H28FN3O2S/c1-13-14(2)16(4)23(17(5)15(13)3)30(28,29)26-22-18(6)25-27(19(22)7)12-20-8-10-21(24)11-9-20/h8-11,26H,12H2,1-7H3. The van der Waals surface area contributed by atoms with E-state index in [-0.39, 0.29) is 5.82 Å². The zero-order valence-corrected chi connectivity index (χ0v) is 19.3. The van der Waals surface area contributed by atoms with Crippen LogP contribution in [0.3, 0.4) is 0 Å². The number of nitrogens with one attached hydrogen (secondary N) is 1. The minimum atomic E-state index is -3.80. The lowest BCUT2D eigenvalue weighted by Gasteiger charge is -2.19. The Kier molecular flexibility index (Phi) is 5.78. The Hall–Kier alpha value is -2.67. The molecule has 0 aliphatic rings. The lowest BCUT2D eigenvalue weighted by molar-refractivity contribution is 0.599. The highest BCUT2D eigenvalue weighted by Crippen LogP contribution is 2.32. The number of benzene rings is 2. The van der Waals surface area contributed by atoms with Gasteiger partial charge in [-0.1, -0.05) is 12.1 Å². The smallest absolute Gasteiger partial charge is 0.262 e. The number of anilines is 1. The molecule has 0 fully saturated rings. The van der Waals surface area contributed by atoms with E-state index in [1.54, 1.807) is 23.7 Å². The minimum Gasteiger partial charge on any atom is -0.276 e. The lowest BCUT2D eigenvalue weighted by Crippen LogP contribution is -2.18. The van der Waals surface area contributed by atoms with Gasteiger partial charge in [0.1, 0.15) is 5.82 Å². The second kappa shape index (κ2) is 7.87. The van der Waals surface area contributed by atoms with Crippen molar-refractivity contribution >= 4 is 15.7 Å². The van der Waals surface area contributed by atoms with Gasteiger partial charge >= 0.3 is 0 Å². The Balaban J connectivity index is 2.01. The van der Waals surface area contributed by atoms with Crippen LogP contribution < -0.4 is 4.72 Å². The molecule has 1 N–H and O–H groups in total. The van der Waals surface area contributed by atoms with Gasteiger partial charge < -0.3 is 0 Å². The summed E-state index contributed by atoms with van der Waals surface area (Å²) < 4.78 is 44.4. The van der Waals surface area contributed by atoms with Crippen molar-refractivity contribution in [3.05, 3.63) is 74.9 Å². The number of halogens is 1. The first-order chi connectivity index (χ1) is 13.9. The molecule has 1 heterocycles. The SMILES string of the molecule is Cc1nn(Cc2ccc(F)cc2)c(C)c1NS(=O)(=O)c1c(C)c(C)c(C)c(C)c1C. The van der Waals surface area contributed by atoms with Gasteiger partial charge in [-0.25, -0.2) is 12.8 Å². The van der Waals surface area contributed by atoms with Gasteiger partial charge in [-0.05, 0) is 94.0 Å². The Bertz CT molecular complexity index is 1200. The second-order valence-corrected chi connectivity index (χ2v) is 9.51. The summed E-state index contributed by atoms with van der Waals surface area (Å²) in [5.74, 6) is -0.296. The predicted octanol–water partition coefficient (Wildman–Crippen LogP) is 5.03. The molecule has 3 rings (SSSR count). The van der Waals surface area contributed by atoms with E-state index >= 15 is 0 Å². The fraction of sp³-hybridized carbons (Fsp3) is 0.348. The predicted molar refractivity (Wildman–Crippen MR) is 118 cm³/mol. The van der Waals surface area contributed by atoms with Crippen LogP contribution in [0.1, 0.15) is 44.8 Å². The lowest BCUT2D eigenvalue weighted by atomic mass is 9.95. The molecule has 0 saturated heterocycles. The average Bonchev–Trinajstić information content (AvgIpc) is 2.93. The molecule has 0 unspecified atom stereocenters. The van der Waals surface area contributed by atoms with Crippen molar-refractivity contribution in [1.29, 1.82) is 0 Å². The van der Waals surface area contributed by atoms with Crippen molar-refractivity contribution in [2.24, 2.45) is 0 Å². The summed E-state index contributed by atoms with van der Waals surface area (Å²) in [6.45, 7) is 13.6. The third-order valence-corrected chi connectivity index (χ3v) is 7.69. The zero-order chi connectivity index (χ0) is 22.4. The monoisotopic (exact) mass is 429 g/mol. The van der Waals surface area contributed by atoms with Crippen molar-refractivity contribution in [2.75, 3.05) is 4.72 Å². The molecule has 0 bridgehead atoms. The van der Waals surface area contributed by atoms with Crippen molar-refractivity contribution in [1.82, 2.24) is 9.78 Å². The van der Waals surface area contributed by atoms with E-state index in [2.05, 4.69) is 9.82 Å². The molecule has 1 aromatic heterocycles. The minimum absolute atomic E-state index is 0.296. The highest BCUT2D eigenvalue weighted by Gasteiger charge is 2.26. The molecular formula is C23H28FN3O2S. The van der Waals surface area contributed by atoms with E-state index in [9.17, 15) is 12.8 Å². The van der Waals surface area contributed by atoms with E-state index in [0.717, 1.165) is 33.4 Å². The number of hydrogen-bond acceptors (Lipinski definition) is 3. The van der Waals surface area contributed by atoms with E-state index in [4.69, 9.17) is 0 Å². The summed E-state index contributed by atoms with van der Waals surface area (Å²) in [7, 11) is -3.80. The first kappa shape index (κ1) is 22.0. The summed E-state index contributed by atoms with van der Waals surface area (Å²) in [5, 5.41) is 4.50. The summed E-state index contributed by atoms with van der Waals surface area (Å²) in [4.78, 5) is 0.327. The van der Waals surface area contributed by atoms with Gasteiger partial charge in [-0.2, -0.15) is 5.10 Å². The number of sulfonamides is 1. The zero-order valence-electron chi connectivity index (χ0n) is 18.5. The number of hydrogen-bond donors (Lipinski definition) is 1. The number of nitrogens with zero attached hydrogens (tertiary/aromatic N) is 2. The second-order valence-electron chi connectivity index (χ2n) is 7.89. The van der Waals surface area contributed by atoms with Gasteiger partial charge in [0.15, 0.2) is 0 Å². The molecule has 5 nitrogen and oxygen atoms in total. The number of aromatic nitrogens is 2. The van der Waals surface area contributed by atoms with Crippen LogP contribution in [-0.2, 0) is 16.6 Å². The van der Waals surface area contributed by atoms with Crippen LogP contribution in [0.25, 0.3) is 0 Å². The largest absolute Gasteiger partial charge is 0.276 e. The maximum absolute atomic E-state index is 13.4. The van der Waals surface area contributed by atoms with Crippen LogP contribution in [0.2, 0.25) is 0 Å². The van der Waals surface area contributed by atoms with Crippen molar-refractivity contribution in [2.45, 2.75) is 59.9 Å². The van der Waals surface area contributed by atoms with Crippen LogP contribution >= 0.6 is 0 Å². The normalized spacial score (nSPS) is 11.7. The van der Waals surface area contributed by atoms with Crippen LogP contribution in [0.15, 0.2) is 29.2 Å². The topological polar surface area (TPSA) is 64.0 Å². The van der Waals surface area contributed by atoms with Crippen LogP contribution in [-0.4, -0.2) is 18.2 Å². The molecule has 30 heavy (non-hydrogen) atoms. The molecule has 160 valence electrons. The average molecular weight is 430 g/mol. The van der Waals surface area contributed by atoms with Gasteiger partial charge in [0.25, 0.3) is 10.0 Å². The first-order valence-corrected chi connectivity index (χ1v) is 11.3. The summed E-state index contributed by atoms with van der Waals surface area (Å²) >= 11 is 0. The van der Waals surface area contributed by atoms with E-state index in [1.165, 1.54) is 12.1 Å². The first-order valence-electron chi connectivity index (χ1n) is 9.82. The van der Waals surface area contributed by atoms with Gasteiger partial charge in [0.05, 0.1) is 28.5 Å². The molecular weight excluding hydrogens is 401 g/mol. The highest BCUT2D eigenvalue weighted by atomic mass is 32.2. The Morgan fingerprint density at radius 2 is 1.37 bits per heavy atom. The molecule has 7 heteroatoms. The highest BCUT2D eigenvalue weighted by molar-refractivity contribution is 7.92. The summed E-state index contributed by atoms with van der Waals surface area (Å²) in [5.41, 5.74) is 7.26. The van der Waals surface area contributed by atoms with Gasteiger partial charge in [0.2, 0.25) is 0 Å². The fourth-order valence-electron chi connectivity index (χ4n) is 3.82. The molecule has 0 amide bonds.